The van der Waals surface area contributed by atoms with Crippen molar-refractivity contribution in [1.29, 1.82) is 0 Å². The molecule has 0 aliphatic rings. The molecule has 68 valence electrons. The van der Waals surface area contributed by atoms with E-state index in [0.29, 0.717) is 17.7 Å². The van der Waals surface area contributed by atoms with E-state index in [-0.39, 0.29) is 5.69 Å². The highest BCUT2D eigenvalue weighted by Gasteiger charge is 2.06. The summed E-state index contributed by atoms with van der Waals surface area (Å²) in [7, 11) is 0. The molecule has 1 amide bonds. The van der Waals surface area contributed by atoms with Crippen LogP contribution in [0.1, 0.15) is 5.56 Å². The van der Waals surface area contributed by atoms with Crippen LogP contribution in [0.3, 0.4) is 0 Å². The lowest BCUT2D eigenvalue weighted by Crippen LogP contribution is -1.97. The van der Waals surface area contributed by atoms with Crippen LogP contribution in [0.15, 0.2) is 18.2 Å². The average Bonchev–Trinajstić information content (AvgIpc) is 2.08. The zero-order valence-corrected chi connectivity index (χ0v) is 6.98. The summed E-state index contributed by atoms with van der Waals surface area (Å²) in [5, 5.41) is 12.8. The zero-order chi connectivity index (χ0) is 9.84. The molecular formula is C8H8N2O3. The van der Waals surface area contributed by atoms with Gasteiger partial charge in [-0.25, -0.2) is 0 Å². The molecule has 0 bridgehead atoms. The smallest absolute Gasteiger partial charge is 0.269 e. The van der Waals surface area contributed by atoms with Crippen molar-refractivity contribution in [3.63, 3.8) is 0 Å². The van der Waals surface area contributed by atoms with E-state index < -0.39 is 4.92 Å². The Labute approximate surface area is 74.5 Å². The van der Waals surface area contributed by atoms with E-state index in [1.165, 1.54) is 18.2 Å². The highest BCUT2D eigenvalue weighted by Crippen LogP contribution is 2.20. The van der Waals surface area contributed by atoms with E-state index in [0.717, 1.165) is 0 Å². The number of amides is 1. The number of hydrogen-bond acceptors (Lipinski definition) is 3. The molecule has 0 heterocycles. The summed E-state index contributed by atoms with van der Waals surface area (Å²) < 4.78 is 0. The summed E-state index contributed by atoms with van der Waals surface area (Å²) in [6.07, 6.45) is 0.536. The number of aryl methyl sites for hydroxylation is 1. The van der Waals surface area contributed by atoms with Gasteiger partial charge in [0, 0.05) is 17.8 Å². The summed E-state index contributed by atoms with van der Waals surface area (Å²) in [5.41, 5.74) is 1.27. The lowest BCUT2D eigenvalue weighted by Gasteiger charge is -2.02. The van der Waals surface area contributed by atoms with Crippen LogP contribution in [-0.4, -0.2) is 11.3 Å². The SMILES string of the molecule is Cc1cc([N+](=O)[O-])ccc1NC=O. The van der Waals surface area contributed by atoms with Crippen molar-refractivity contribution < 1.29 is 9.72 Å². The van der Waals surface area contributed by atoms with Gasteiger partial charge in [-0.15, -0.1) is 0 Å². The molecule has 0 fully saturated rings. The molecule has 1 rings (SSSR count). The highest BCUT2D eigenvalue weighted by atomic mass is 16.6. The van der Waals surface area contributed by atoms with Crippen molar-refractivity contribution in [2.45, 2.75) is 6.92 Å². The summed E-state index contributed by atoms with van der Waals surface area (Å²) in [5.74, 6) is 0. The van der Waals surface area contributed by atoms with Crippen molar-refractivity contribution in [3.05, 3.63) is 33.9 Å². The van der Waals surface area contributed by atoms with Crippen LogP contribution >= 0.6 is 0 Å². The van der Waals surface area contributed by atoms with E-state index in [9.17, 15) is 14.9 Å². The van der Waals surface area contributed by atoms with Crippen LogP contribution in [0.2, 0.25) is 0 Å². The Kier molecular flexibility index (Phi) is 2.59. The normalized spacial score (nSPS) is 9.31. The molecule has 1 aromatic rings. The van der Waals surface area contributed by atoms with E-state index in [4.69, 9.17) is 0 Å². The molecule has 0 saturated carbocycles. The number of rotatable bonds is 3. The van der Waals surface area contributed by atoms with Crippen LogP contribution in [0, 0.1) is 17.0 Å². The minimum absolute atomic E-state index is 0.0222. The average molecular weight is 180 g/mol. The minimum atomic E-state index is -0.475. The van der Waals surface area contributed by atoms with E-state index in [1.807, 2.05) is 0 Å². The summed E-state index contributed by atoms with van der Waals surface area (Å²) in [4.78, 5) is 20.0. The molecule has 0 aliphatic carbocycles. The molecule has 1 N–H and O–H groups in total. The van der Waals surface area contributed by atoms with Crippen molar-refractivity contribution in [3.8, 4) is 0 Å². The molecule has 0 unspecified atom stereocenters. The zero-order valence-electron chi connectivity index (χ0n) is 6.98. The first-order valence-corrected chi connectivity index (χ1v) is 3.60. The Hall–Kier alpha value is -1.91. The Balaban J connectivity index is 3.04. The van der Waals surface area contributed by atoms with Gasteiger partial charge in [0.05, 0.1) is 4.92 Å². The number of carbonyl (C=O) groups excluding carboxylic acids is 1. The lowest BCUT2D eigenvalue weighted by atomic mass is 10.2. The van der Waals surface area contributed by atoms with Crippen molar-refractivity contribution in [1.82, 2.24) is 0 Å². The molecule has 5 nitrogen and oxygen atoms in total. The molecule has 0 aliphatic heterocycles. The minimum Gasteiger partial charge on any atom is -0.328 e. The third-order valence-electron chi connectivity index (χ3n) is 1.64. The number of nitro groups is 1. The first-order chi connectivity index (χ1) is 6.15. The third-order valence-corrected chi connectivity index (χ3v) is 1.64. The topological polar surface area (TPSA) is 72.2 Å². The maximum absolute atomic E-state index is 10.3. The molecule has 0 saturated heterocycles. The maximum Gasteiger partial charge on any atom is 0.269 e. The van der Waals surface area contributed by atoms with Crippen LogP contribution in [-0.2, 0) is 4.79 Å². The largest absolute Gasteiger partial charge is 0.328 e. The Morgan fingerprint density at radius 2 is 2.23 bits per heavy atom. The van der Waals surface area contributed by atoms with Crippen LogP contribution in [0.5, 0.6) is 0 Å². The van der Waals surface area contributed by atoms with Gasteiger partial charge in [-0.2, -0.15) is 0 Å². The van der Waals surface area contributed by atoms with Gasteiger partial charge < -0.3 is 5.32 Å². The number of carbonyl (C=O) groups is 1. The monoisotopic (exact) mass is 180 g/mol. The molecule has 0 atom stereocenters. The van der Waals surface area contributed by atoms with E-state index in [2.05, 4.69) is 5.32 Å². The van der Waals surface area contributed by atoms with Gasteiger partial charge in [-0.3, -0.25) is 14.9 Å². The number of hydrogen-bond donors (Lipinski definition) is 1. The molecule has 0 spiro atoms. The summed E-state index contributed by atoms with van der Waals surface area (Å²) >= 11 is 0. The second-order valence-electron chi connectivity index (χ2n) is 2.52. The number of anilines is 1. The first kappa shape index (κ1) is 9.18. The number of non-ortho nitro benzene ring substituents is 1. The fourth-order valence-electron chi connectivity index (χ4n) is 0.987. The predicted molar refractivity (Wildman–Crippen MR) is 47.5 cm³/mol. The summed E-state index contributed by atoms with van der Waals surface area (Å²) in [6.45, 7) is 1.69. The number of benzene rings is 1. The fraction of sp³-hybridized carbons (Fsp3) is 0.125. The standard InChI is InChI=1S/C8H8N2O3/c1-6-4-7(10(12)13)2-3-8(6)9-5-11/h2-5H,1H3,(H,9,11). The predicted octanol–water partition coefficient (Wildman–Crippen LogP) is 1.47. The molecule has 5 heteroatoms. The van der Waals surface area contributed by atoms with Gasteiger partial charge in [-0.05, 0) is 18.6 Å². The molecule has 1 aromatic carbocycles. The Morgan fingerprint density at radius 1 is 1.54 bits per heavy atom. The lowest BCUT2D eigenvalue weighted by molar-refractivity contribution is -0.384. The Morgan fingerprint density at radius 3 is 2.69 bits per heavy atom. The molecular weight excluding hydrogens is 172 g/mol. The second-order valence-corrected chi connectivity index (χ2v) is 2.52. The van der Waals surface area contributed by atoms with Crippen LogP contribution in [0.25, 0.3) is 0 Å². The van der Waals surface area contributed by atoms with E-state index in [1.54, 1.807) is 6.92 Å². The van der Waals surface area contributed by atoms with Gasteiger partial charge in [0.2, 0.25) is 6.41 Å². The van der Waals surface area contributed by atoms with Crippen LogP contribution in [0.4, 0.5) is 11.4 Å². The van der Waals surface area contributed by atoms with Gasteiger partial charge in [-0.1, -0.05) is 0 Å². The van der Waals surface area contributed by atoms with Gasteiger partial charge in [0.15, 0.2) is 0 Å². The second kappa shape index (κ2) is 3.66. The summed E-state index contributed by atoms with van der Waals surface area (Å²) in [6, 6.07) is 4.26. The maximum atomic E-state index is 10.3. The fourth-order valence-corrected chi connectivity index (χ4v) is 0.987. The van der Waals surface area contributed by atoms with Gasteiger partial charge in [0.25, 0.3) is 5.69 Å². The first-order valence-electron chi connectivity index (χ1n) is 3.60. The Bertz CT molecular complexity index is 349. The number of nitro benzene ring substituents is 1. The highest BCUT2D eigenvalue weighted by molar-refractivity contribution is 5.73. The van der Waals surface area contributed by atoms with Crippen molar-refractivity contribution in [2.75, 3.05) is 5.32 Å². The third kappa shape index (κ3) is 2.02. The van der Waals surface area contributed by atoms with Gasteiger partial charge in [0.1, 0.15) is 0 Å². The van der Waals surface area contributed by atoms with Crippen LogP contribution < -0.4 is 5.32 Å². The molecule has 0 radical (unpaired) electrons. The quantitative estimate of drug-likeness (QED) is 0.435. The molecule has 0 aromatic heterocycles. The van der Waals surface area contributed by atoms with Gasteiger partial charge >= 0.3 is 0 Å². The molecule has 13 heavy (non-hydrogen) atoms. The van der Waals surface area contributed by atoms with Crippen molar-refractivity contribution in [2.24, 2.45) is 0 Å². The van der Waals surface area contributed by atoms with E-state index >= 15 is 0 Å². The number of nitrogens with zero attached hydrogens (tertiary/aromatic N) is 1. The van der Waals surface area contributed by atoms with Crippen molar-refractivity contribution >= 4 is 17.8 Å². The number of nitrogens with one attached hydrogen (secondary N) is 1.